The number of aliphatic hydroxyl groups is 2. The van der Waals surface area contributed by atoms with Crippen LogP contribution < -0.4 is 0 Å². The zero-order valence-corrected chi connectivity index (χ0v) is 23.0. The van der Waals surface area contributed by atoms with Crippen molar-refractivity contribution >= 4 is 27.7 Å². The summed E-state index contributed by atoms with van der Waals surface area (Å²) in [6.45, 7) is 6.07. The number of benzene rings is 2. The lowest BCUT2D eigenvalue weighted by Crippen LogP contribution is -2.68. The second kappa shape index (κ2) is 7.69. The van der Waals surface area contributed by atoms with E-state index in [2.05, 4.69) is 53.4 Å². The molecule has 4 aromatic rings. The number of nitrogens with zero attached hydrogens (tertiary/aromatic N) is 3. The lowest BCUT2D eigenvalue weighted by atomic mass is 9.42. The molecule has 8 rings (SSSR count). The Hall–Kier alpha value is -3.33. The summed E-state index contributed by atoms with van der Waals surface area (Å²) in [6, 6.07) is 15.8. The zero-order valence-electron chi connectivity index (χ0n) is 23.0. The smallest absolute Gasteiger partial charge is 0.191 e. The van der Waals surface area contributed by atoms with Crippen LogP contribution in [0.5, 0.6) is 0 Å². The highest BCUT2D eigenvalue weighted by atomic mass is 16.5. The molecule has 2 aromatic heterocycles. The number of carbonyl (C=O) groups excluding carboxylic acids is 1. The maximum atomic E-state index is 13.7. The van der Waals surface area contributed by atoms with Crippen LogP contribution in [0, 0.1) is 11.3 Å². The van der Waals surface area contributed by atoms with Gasteiger partial charge >= 0.3 is 0 Å². The largest absolute Gasteiger partial charge is 0.385 e. The van der Waals surface area contributed by atoms with E-state index in [9.17, 15) is 15.0 Å². The van der Waals surface area contributed by atoms with Crippen molar-refractivity contribution in [2.24, 2.45) is 11.3 Å². The van der Waals surface area contributed by atoms with Gasteiger partial charge in [-0.15, -0.1) is 5.10 Å². The van der Waals surface area contributed by atoms with E-state index in [1.807, 2.05) is 24.3 Å². The van der Waals surface area contributed by atoms with E-state index in [0.29, 0.717) is 35.4 Å². The maximum absolute atomic E-state index is 13.7. The second-order valence-corrected chi connectivity index (χ2v) is 13.0. The van der Waals surface area contributed by atoms with Crippen LogP contribution >= 0.6 is 0 Å². The van der Waals surface area contributed by atoms with Crippen molar-refractivity contribution in [3.05, 3.63) is 71.4 Å². The maximum Gasteiger partial charge on any atom is 0.191 e. The van der Waals surface area contributed by atoms with Gasteiger partial charge in [-0.25, -0.2) is 4.68 Å². The first-order valence-corrected chi connectivity index (χ1v) is 14.4. The molecule has 206 valence electrons. The first kappa shape index (κ1) is 24.5. The van der Waals surface area contributed by atoms with Crippen molar-refractivity contribution in [2.45, 2.75) is 81.8 Å². The minimum atomic E-state index is -1.76. The first-order chi connectivity index (χ1) is 19.1. The third-order valence-electron chi connectivity index (χ3n) is 11.4. The van der Waals surface area contributed by atoms with Crippen LogP contribution in [0.25, 0.3) is 21.9 Å². The van der Waals surface area contributed by atoms with Crippen LogP contribution in [0.4, 0.5) is 0 Å². The number of H-pyrrole nitrogens is 1. The number of aromatic nitrogens is 4. The van der Waals surface area contributed by atoms with Gasteiger partial charge in [0.25, 0.3) is 0 Å². The summed E-state index contributed by atoms with van der Waals surface area (Å²) >= 11 is 0. The number of rotatable bonds is 2. The first-order valence-electron chi connectivity index (χ1n) is 14.4. The van der Waals surface area contributed by atoms with Crippen LogP contribution in [0.15, 0.2) is 60.2 Å². The molecule has 1 aliphatic heterocycles. The molecule has 0 radical (unpaired) electrons. The Balaban J connectivity index is 1.20. The van der Waals surface area contributed by atoms with Gasteiger partial charge in [0.05, 0.1) is 17.2 Å². The van der Waals surface area contributed by atoms with Crippen molar-refractivity contribution < 1.29 is 19.7 Å². The van der Waals surface area contributed by atoms with Crippen LogP contribution in [0.2, 0.25) is 0 Å². The predicted molar refractivity (Wildman–Crippen MR) is 150 cm³/mol. The Morgan fingerprint density at radius 1 is 1.10 bits per heavy atom. The Bertz CT molecular complexity index is 1750. The summed E-state index contributed by atoms with van der Waals surface area (Å²) < 4.78 is 7.81. The Labute approximate surface area is 232 Å². The lowest BCUT2D eigenvalue weighted by molar-refractivity contribution is -0.210. The van der Waals surface area contributed by atoms with Crippen LogP contribution in [0.3, 0.4) is 0 Å². The molecule has 0 amide bonds. The molecule has 0 saturated heterocycles. The van der Waals surface area contributed by atoms with Gasteiger partial charge in [0.15, 0.2) is 17.6 Å². The highest BCUT2D eigenvalue weighted by Gasteiger charge is 2.70. The number of aromatic amines is 1. The van der Waals surface area contributed by atoms with Gasteiger partial charge in [-0.05, 0) is 80.4 Å². The second-order valence-electron chi connectivity index (χ2n) is 13.0. The molecule has 3 aliphatic carbocycles. The van der Waals surface area contributed by atoms with Crippen molar-refractivity contribution in [1.82, 2.24) is 20.0 Å². The average molecular weight is 539 g/mol. The van der Waals surface area contributed by atoms with Crippen molar-refractivity contribution in [1.29, 1.82) is 0 Å². The number of para-hydroxylation sites is 2. The fourth-order valence-electron chi connectivity index (χ4n) is 9.01. The van der Waals surface area contributed by atoms with Gasteiger partial charge in [-0.3, -0.25) is 4.79 Å². The highest BCUT2D eigenvalue weighted by Crippen LogP contribution is 2.69. The molecule has 4 aliphatic rings. The molecule has 3 N–H and O–H groups in total. The number of nitrogens with one attached hydrogen (secondary N) is 1. The SMILES string of the molecule is CC(O)([C@H]1OC2CC[C@@]3(C)[C@@](O)(CC[C@H]4Cc5c([nH]c6ccccc56)[C@@]43C)C2=CC1=O)n1nnc2ccccc21. The van der Waals surface area contributed by atoms with E-state index in [0.717, 1.165) is 24.8 Å². The van der Waals surface area contributed by atoms with Crippen LogP contribution in [-0.2, 0) is 27.1 Å². The molecular weight excluding hydrogens is 504 g/mol. The average Bonchev–Trinajstić information content (AvgIpc) is 3.62. The van der Waals surface area contributed by atoms with E-state index < -0.39 is 28.9 Å². The minimum absolute atomic E-state index is 0.287. The topological polar surface area (TPSA) is 113 Å². The number of ketones is 1. The standard InChI is InChI=1S/C32H34N4O4/c1-29-14-13-26-21(17-25(37)28(40-26)31(3,38)36-24-11-7-6-10-23(24)34-35-36)32(29,39)15-12-18-16-20-19-8-4-5-9-22(19)33-27(20)30(18,29)2/h4-11,17-18,26,28,33,38-39H,12-16H2,1-3H3/t18-,26?,28-,29+,30+,31?,32+/m0/s1. The fraction of sp³-hybridized carbons (Fsp3) is 0.469. The van der Waals surface area contributed by atoms with E-state index in [1.54, 1.807) is 13.0 Å². The summed E-state index contributed by atoms with van der Waals surface area (Å²) in [6.07, 6.45) is 3.78. The summed E-state index contributed by atoms with van der Waals surface area (Å²) in [4.78, 5) is 17.5. The molecule has 8 nitrogen and oxygen atoms in total. The molecule has 2 saturated carbocycles. The van der Waals surface area contributed by atoms with E-state index in [-0.39, 0.29) is 11.2 Å². The van der Waals surface area contributed by atoms with E-state index >= 15 is 0 Å². The zero-order chi connectivity index (χ0) is 27.7. The summed E-state index contributed by atoms with van der Waals surface area (Å²) in [7, 11) is 0. The monoisotopic (exact) mass is 538 g/mol. The van der Waals surface area contributed by atoms with Gasteiger partial charge in [-0.2, -0.15) is 0 Å². The number of hydrogen-bond donors (Lipinski definition) is 3. The van der Waals surface area contributed by atoms with Crippen molar-refractivity contribution in [3.63, 3.8) is 0 Å². The van der Waals surface area contributed by atoms with Gasteiger partial charge in [0, 0.05) is 27.4 Å². The molecule has 2 aromatic carbocycles. The van der Waals surface area contributed by atoms with Gasteiger partial charge < -0.3 is 19.9 Å². The molecule has 3 heterocycles. The molecule has 7 atom stereocenters. The Kier molecular flexibility index (Phi) is 4.70. The fourth-order valence-corrected chi connectivity index (χ4v) is 9.01. The number of fused-ring (bicyclic) bond motifs is 10. The molecule has 2 unspecified atom stereocenters. The van der Waals surface area contributed by atoms with Gasteiger partial charge in [0.1, 0.15) is 5.52 Å². The Morgan fingerprint density at radius 3 is 2.73 bits per heavy atom. The van der Waals surface area contributed by atoms with E-state index in [1.165, 1.54) is 21.3 Å². The third kappa shape index (κ3) is 2.74. The third-order valence-corrected chi connectivity index (χ3v) is 11.4. The predicted octanol–water partition coefficient (Wildman–Crippen LogP) is 4.30. The lowest BCUT2D eigenvalue weighted by Gasteiger charge is -2.64. The van der Waals surface area contributed by atoms with E-state index in [4.69, 9.17) is 4.74 Å². The van der Waals surface area contributed by atoms with Gasteiger partial charge in [0.2, 0.25) is 0 Å². The van der Waals surface area contributed by atoms with Crippen LogP contribution in [0.1, 0.15) is 57.7 Å². The molecular formula is C32H34N4O4. The summed E-state index contributed by atoms with van der Waals surface area (Å²) in [5.41, 5.74) is 1.91. The minimum Gasteiger partial charge on any atom is -0.385 e. The number of ether oxygens (including phenoxy) is 1. The molecule has 0 spiro atoms. The molecule has 0 bridgehead atoms. The summed E-state index contributed by atoms with van der Waals surface area (Å²) in [5, 5.41) is 34.0. The molecule has 2 fully saturated rings. The summed E-state index contributed by atoms with van der Waals surface area (Å²) in [5.74, 6) is 0.0496. The molecule has 8 heteroatoms. The van der Waals surface area contributed by atoms with Crippen molar-refractivity contribution in [2.75, 3.05) is 0 Å². The van der Waals surface area contributed by atoms with Crippen LogP contribution in [-0.4, -0.2) is 53.8 Å². The van der Waals surface area contributed by atoms with Crippen molar-refractivity contribution in [3.8, 4) is 0 Å². The Morgan fingerprint density at radius 2 is 1.88 bits per heavy atom. The number of carbonyl (C=O) groups is 1. The quantitative estimate of drug-likeness (QED) is 0.351. The normalized spacial score (nSPS) is 36.5. The molecule has 40 heavy (non-hydrogen) atoms. The number of hydrogen-bond acceptors (Lipinski definition) is 6. The van der Waals surface area contributed by atoms with Gasteiger partial charge in [-0.1, -0.05) is 49.4 Å². The highest BCUT2D eigenvalue weighted by molar-refractivity contribution is 5.96.